The second kappa shape index (κ2) is 4.90. The van der Waals surface area contributed by atoms with Gasteiger partial charge < -0.3 is 10.6 Å². The maximum atomic E-state index is 11.9. The maximum Gasteiger partial charge on any atom is 0.240 e. The van der Waals surface area contributed by atoms with Crippen molar-refractivity contribution in [3.05, 3.63) is 29.8 Å². The Morgan fingerprint density at radius 3 is 2.61 bits per heavy atom. The van der Waals surface area contributed by atoms with Crippen LogP contribution in [0.4, 0.5) is 5.69 Å². The highest BCUT2D eigenvalue weighted by Crippen LogP contribution is 2.50. The van der Waals surface area contributed by atoms with Gasteiger partial charge in [-0.05, 0) is 24.5 Å². The Labute approximate surface area is 114 Å². The Hall–Kier alpha value is -1.06. The van der Waals surface area contributed by atoms with Crippen LogP contribution in [0.25, 0.3) is 0 Å². The zero-order valence-electron chi connectivity index (χ0n) is 10.4. The summed E-state index contributed by atoms with van der Waals surface area (Å²) >= 11 is 0. The van der Waals surface area contributed by atoms with Crippen molar-refractivity contribution in [2.24, 2.45) is 5.73 Å². The second-order valence-corrected chi connectivity index (χ2v) is 5.19. The second-order valence-electron chi connectivity index (χ2n) is 5.19. The van der Waals surface area contributed by atoms with Crippen LogP contribution in [0.15, 0.2) is 24.3 Å². The number of hydrogen-bond acceptors (Lipinski definition) is 2. The normalized spacial score (nSPS) is 19.7. The van der Waals surface area contributed by atoms with E-state index in [1.54, 1.807) is 0 Å². The topological polar surface area (TPSA) is 46.3 Å². The molecule has 18 heavy (non-hydrogen) atoms. The number of hydrogen-bond donors (Lipinski definition) is 1. The molecule has 0 atom stereocenters. The molecule has 1 aliphatic heterocycles. The summed E-state index contributed by atoms with van der Waals surface area (Å²) in [5.41, 5.74) is 8.18. The third-order valence-electron chi connectivity index (χ3n) is 4.26. The lowest BCUT2D eigenvalue weighted by Gasteiger charge is -2.24. The van der Waals surface area contributed by atoms with Crippen molar-refractivity contribution in [1.29, 1.82) is 0 Å². The molecule has 1 aromatic carbocycles. The number of benzene rings is 1. The van der Waals surface area contributed by atoms with Crippen molar-refractivity contribution < 1.29 is 4.79 Å². The monoisotopic (exact) mass is 266 g/mol. The lowest BCUT2D eigenvalue weighted by molar-refractivity contribution is -0.117. The Kier molecular flexibility index (Phi) is 3.64. The van der Waals surface area contributed by atoms with Crippen LogP contribution in [0.1, 0.15) is 31.2 Å². The molecule has 98 valence electrons. The van der Waals surface area contributed by atoms with Crippen LogP contribution in [0, 0.1) is 0 Å². The third kappa shape index (κ3) is 1.82. The summed E-state index contributed by atoms with van der Waals surface area (Å²) in [4.78, 5) is 13.8. The van der Waals surface area contributed by atoms with Gasteiger partial charge >= 0.3 is 0 Å². The Morgan fingerprint density at radius 2 is 1.94 bits per heavy atom. The van der Waals surface area contributed by atoms with Crippen molar-refractivity contribution >= 4 is 24.0 Å². The number of carbonyl (C=O) groups is 1. The van der Waals surface area contributed by atoms with E-state index in [2.05, 4.69) is 18.2 Å². The molecule has 4 heteroatoms. The van der Waals surface area contributed by atoms with Crippen LogP contribution >= 0.6 is 12.4 Å². The Balaban J connectivity index is 0.00000120. The van der Waals surface area contributed by atoms with Crippen molar-refractivity contribution in [3.63, 3.8) is 0 Å². The van der Waals surface area contributed by atoms with Crippen LogP contribution < -0.4 is 10.6 Å². The molecule has 1 spiro atoms. The quantitative estimate of drug-likeness (QED) is 0.847. The highest BCUT2D eigenvalue weighted by atomic mass is 35.5. The summed E-state index contributed by atoms with van der Waals surface area (Å²) in [7, 11) is 0. The van der Waals surface area contributed by atoms with Gasteiger partial charge in [0.25, 0.3) is 0 Å². The minimum absolute atomic E-state index is 0. The summed E-state index contributed by atoms with van der Waals surface area (Å²) in [6.45, 7) is 0.937. The number of para-hydroxylation sites is 1. The molecule has 0 unspecified atom stereocenters. The number of nitrogens with zero attached hydrogens (tertiary/aromatic N) is 1. The Bertz CT molecular complexity index is 455. The molecule has 0 radical (unpaired) electrons. The molecule has 2 N–H and O–H groups in total. The summed E-state index contributed by atoms with van der Waals surface area (Å²) < 4.78 is 0. The van der Waals surface area contributed by atoms with Gasteiger partial charge in [0.2, 0.25) is 5.91 Å². The summed E-state index contributed by atoms with van der Waals surface area (Å²) in [6, 6.07) is 8.32. The fourth-order valence-corrected chi connectivity index (χ4v) is 3.44. The van der Waals surface area contributed by atoms with E-state index in [1.165, 1.54) is 31.2 Å². The molecule has 1 saturated carbocycles. The predicted octanol–water partition coefficient (Wildman–Crippen LogP) is 2.23. The summed E-state index contributed by atoms with van der Waals surface area (Å²) in [5.74, 6) is 0.0428. The van der Waals surface area contributed by atoms with Gasteiger partial charge in [-0.1, -0.05) is 31.0 Å². The average molecular weight is 267 g/mol. The van der Waals surface area contributed by atoms with E-state index in [0.29, 0.717) is 0 Å². The maximum absolute atomic E-state index is 11.9. The molecule has 1 fully saturated rings. The van der Waals surface area contributed by atoms with Crippen LogP contribution in [-0.2, 0) is 10.2 Å². The smallest absolute Gasteiger partial charge is 0.240 e. The highest BCUT2D eigenvalue weighted by Gasteiger charge is 2.45. The van der Waals surface area contributed by atoms with E-state index in [0.717, 1.165) is 12.2 Å². The zero-order chi connectivity index (χ0) is 11.9. The molecule has 0 bridgehead atoms. The fourth-order valence-electron chi connectivity index (χ4n) is 3.44. The minimum atomic E-state index is 0. The van der Waals surface area contributed by atoms with Crippen LogP contribution in [0.5, 0.6) is 0 Å². The molecule has 1 aliphatic carbocycles. The van der Waals surface area contributed by atoms with Crippen LogP contribution in [0.2, 0.25) is 0 Å². The lowest BCUT2D eigenvalue weighted by Crippen LogP contribution is -2.38. The number of halogens is 1. The average Bonchev–Trinajstić information content (AvgIpc) is 2.97. The van der Waals surface area contributed by atoms with Gasteiger partial charge in [0.05, 0.1) is 6.54 Å². The predicted molar refractivity (Wildman–Crippen MR) is 75.2 cm³/mol. The highest BCUT2D eigenvalue weighted by molar-refractivity contribution is 5.97. The number of rotatable bonds is 1. The fraction of sp³-hybridized carbons (Fsp3) is 0.500. The van der Waals surface area contributed by atoms with E-state index in [9.17, 15) is 4.79 Å². The van der Waals surface area contributed by atoms with Crippen LogP contribution in [0.3, 0.4) is 0 Å². The SMILES string of the molecule is Cl.NCC(=O)N1CC2(CCCC2)c2ccccc21. The molecule has 3 nitrogen and oxygen atoms in total. The lowest BCUT2D eigenvalue weighted by atomic mass is 9.81. The van der Waals surface area contributed by atoms with Crippen molar-refractivity contribution in [3.8, 4) is 0 Å². The van der Waals surface area contributed by atoms with Gasteiger partial charge in [-0.25, -0.2) is 0 Å². The number of nitrogens with two attached hydrogens (primary N) is 1. The summed E-state index contributed by atoms with van der Waals surface area (Å²) in [5, 5.41) is 0. The molecular formula is C14H19ClN2O. The van der Waals surface area contributed by atoms with Crippen molar-refractivity contribution in [1.82, 2.24) is 0 Å². The first kappa shape index (κ1) is 13.4. The molecule has 3 rings (SSSR count). The van der Waals surface area contributed by atoms with Gasteiger partial charge in [0, 0.05) is 17.6 Å². The molecule has 1 heterocycles. The van der Waals surface area contributed by atoms with Gasteiger partial charge in [-0.15, -0.1) is 12.4 Å². The van der Waals surface area contributed by atoms with Crippen LogP contribution in [-0.4, -0.2) is 19.0 Å². The van der Waals surface area contributed by atoms with Gasteiger partial charge in [-0.2, -0.15) is 0 Å². The standard InChI is InChI=1S/C14H18N2O.ClH/c15-9-13(17)16-10-14(7-3-4-8-14)11-5-1-2-6-12(11)16;/h1-2,5-6H,3-4,7-10,15H2;1H. The minimum Gasteiger partial charge on any atom is -0.322 e. The molecule has 2 aliphatic rings. The Morgan fingerprint density at radius 1 is 1.28 bits per heavy atom. The van der Waals surface area contributed by atoms with Crippen molar-refractivity contribution in [2.75, 3.05) is 18.0 Å². The first-order valence-electron chi connectivity index (χ1n) is 6.37. The first-order valence-corrected chi connectivity index (χ1v) is 6.37. The molecule has 1 amide bonds. The van der Waals surface area contributed by atoms with E-state index >= 15 is 0 Å². The van der Waals surface area contributed by atoms with E-state index in [1.807, 2.05) is 11.0 Å². The first-order chi connectivity index (χ1) is 8.27. The molecule has 1 aromatic rings. The van der Waals surface area contributed by atoms with E-state index in [-0.39, 0.29) is 30.3 Å². The van der Waals surface area contributed by atoms with E-state index in [4.69, 9.17) is 5.73 Å². The largest absolute Gasteiger partial charge is 0.322 e. The van der Waals surface area contributed by atoms with Gasteiger partial charge in [0.15, 0.2) is 0 Å². The van der Waals surface area contributed by atoms with Gasteiger partial charge in [0.1, 0.15) is 0 Å². The molecule has 0 aromatic heterocycles. The number of anilines is 1. The number of fused-ring (bicyclic) bond motifs is 2. The van der Waals surface area contributed by atoms with Crippen molar-refractivity contribution in [2.45, 2.75) is 31.1 Å². The number of carbonyl (C=O) groups excluding carboxylic acids is 1. The number of amides is 1. The summed E-state index contributed by atoms with van der Waals surface area (Å²) in [6.07, 6.45) is 4.97. The zero-order valence-corrected chi connectivity index (χ0v) is 11.2. The van der Waals surface area contributed by atoms with Gasteiger partial charge in [-0.3, -0.25) is 4.79 Å². The molecular weight excluding hydrogens is 248 g/mol. The molecule has 0 saturated heterocycles. The third-order valence-corrected chi connectivity index (χ3v) is 4.26. The van der Waals surface area contributed by atoms with E-state index < -0.39 is 0 Å².